The van der Waals surface area contributed by atoms with Crippen LogP contribution < -0.4 is 4.90 Å². The Balaban J connectivity index is 2.36. The Hall–Kier alpha value is -1.58. The Kier molecular flexibility index (Phi) is 2.81. The summed E-state index contributed by atoms with van der Waals surface area (Å²) >= 11 is 0. The van der Waals surface area contributed by atoms with E-state index in [1.807, 2.05) is 19.1 Å². The Morgan fingerprint density at radius 3 is 2.65 bits per heavy atom. The van der Waals surface area contributed by atoms with E-state index in [0.29, 0.717) is 0 Å². The highest BCUT2D eigenvalue weighted by Crippen LogP contribution is 2.37. The van der Waals surface area contributed by atoms with Gasteiger partial charge in [-0.3, -0.25) is 10.1 Å². The second-order valence-corrected chi connectivity index (χ2v) is 5.59. The Bertz CT molecular complexity index is 455. The first-order valence-electron chi connectivity index (χ1n) is 5.89. The van der Waals surface area contributed by atoms with Gasteiger partial charge in [-0.2, -0.15) is 0 Å². The van der Waals surface area contributed by atoms with E-state index in [2.05, 4.69) is 18.7 Å². The molecule has 0 radical (unpaired) electrons. The van der Waals surface area contributed by atoms with Gasteiger partial charge in [-0.05, 0) is 30.4 Å². The Morgan fingerprint density at radius 2 is 2.12 bits per heavy atom. The number of anilines is 1. The molecule has 4 nitrogen and oxygen atoms in total. The molecule has 1 saturated heterocycles. The van der Waals surface area contributed by atoms with Gasteiger partial charge in [0.2, 0.25) is 0 Å². The van der Waals surface area contributed by atoms with Crippen LogP contribution in [0.3, 0.4) is 0 Å². The fourth-order valence-corrected chi connectivity index (χ4v) is 2.37. The molecule has 4 heteroatoms. The largest absolute Gasteiger partial charge is 0.365 e. The van der Waals surface area contributed by atoms with Crippen LogP contribution >= 0.6 is 0 Å². The van der Waals surface area contributed by atoms with Crippen molar-refractivity contribution >= 4 is 11.4 Å². The van der Waals surface area contributed by atoms with Gasteiger partial charge < -0.3 is 4.90 Å². The molecule has 0 unspecified atom stereocenters. The molecule has 0 aromatic heterocycles. The summed E-state index contributed by atoms with van der Waals surface area (Å²) in [6.45, 7) is 8.07. The molecule has 1 aromatic rings. The summed E-state index contributed by atoms with van der Waals surface area (Å²) in [4.78, 5) is 12.9. The highest BCUT2D eigenvalue weighted by atomic mass is 16.6. The maximum absolute atomic E-state index is 11.1. The van der Waals surface area contributed by atoms with Crippen molar-refractivity contribution in [3.8, 4) is 0 Å². The minimum Gasteiger partial charge on any atom is -0.365 e. The molecule has 1 aliphatic rings. The van der Waals surface area contributed by atoms with E-state index in [9.17, 15) is 10.1 Å². The summed E-state index contributed by atoms with van der Waals surface area (Å²) in [5, 5.41) is 11.1. The number of nitrogens with zero attached hydrogens (tertiary/aromatic N) is 2. The lowest BCUT2D eigenvalue weighted by atomic mass is 9.93. The lowest BCUT2D eigenvalue weighted by molar-refractivity contribution is -0.384. The summed E-state index contributed by atoms with van der Waals surface area (Å²) in [7, 11) is 0. The number of hydrogen-bond donors (Lipinski definition) is 0. The molecule has 1 fully saturated rings. The van der Waals surface area contributed by atoms with Crippen molar-refractivity contribution < 1.29 is 4.92 Å². The van der Waals surface area contributed by atoms with Crippen molar-refractivity contribution in [2.24, 2.45) is 5.41 Å². The van der Waals surface area contributed by atoms with Gasteiger partial charge in [0.05, 0.1) is 4.92 Å². The van der Waals surface area contributed by atoms with Crippen LogP contribution in [0, 0.1) is 22.5 Å². The van der Waals surface area contributed by atoms with Gasteiger partial charge in [0.15, 0.2) is 0 Å². The highest BCUT2D eigenvalue weighted by Gasteiger charge is 2.32. The minimum atomic E-state index is -0.284. The average molecular weight is 234 g/mol. The summed E-state index contributed by atoms with van der Waals surface area (Å²) in [5.74, 6) is 0. The molecular formula is C13H18N2O2. The van der Waals surface area contributed by atoms with Crippen molar-refractivity contribution in [3.05, 3.63) is 33.9 Å². The van der Waals surface area contributed by atoms with Gasteiger partial charge in [0.1, 0.15) is 5.69 Å². The molecule has 1 aliphatic heterocycles. The van der Waals surface area contributed by atoms with Crippen molar-refractivity contribution in [1.29, 1.82) is 0 Å². The van der Waals surface area contributed by atoms with Gasteiger partial charge in [-0.1, -0.05) is 19.9 Å². The molecule has 1 heterocycles. The molecule has 2 rings (SSSR count). The van der Waals surface area contributed by atoms with E-state index >= 15 is 0 Å². The fraction of sp³-hybridized carbons (Fsp3) is 0.538. The van der Waals surface area contributed by atoms with Gasteiger partial charge >= 0.3 is 0 Å². The molecular weight excluding hydrogens is 216 g/mol. The van der Waals surface area contributed by atoms with Crippen LogP contribution in [0.25, 0.3) is 0 Å². The third-order valence-corrected chi connectivity index (χ3v) is 3.35. The first-order valence-corrected chi connectivity index (χ1v) is 5.89. The highest BCUT2D eigenvalue weighted by molar-refractivity contribution is 5.64. The van der Waals surface area contributed by atoms with Crippen LogP contribution in [0.2, 0.25) is 0 Å². The van der Waals surface area contributed by atoms with E-state index in [0.717, 1.165) is 30.8 Å². The van der Waals surface area contributed by atoms with Gasteiger partial charge in [-0.15, -0.1) is 0 Å². The topological polar surface area (TPSA) is 46.4 Å². The molecule has 0 aliphatic carbocycles. The predicted molar refractivity (Wildman–Crippen MR) is 68.4 cm³/mol. The quantitative estimate of drug-likeness (QED) is 0.583. The summed E-state index contributed by atoms with van der Waals surface area (Å²) in [6, 6.07) is 5.46. The van der Waals surface area contributed by atoms with Crippen LogP contribution in [0.5, 0.6) is 0 Å². The second kappa shape index (κ2) is 4.02. The van der Waals surface area contributed by atoms with E-state index in [-0.39, 0.29) is 16.0 Å². The number of nitro benzene ring substituents is 1. The van der Waals surface area contributed by atoms with E-state index in [1.165, 1.54) is 0 Å². The lowest BCUT2D eigenvalue weighted by Gasteiger charge is -2.21. The van der Waals surface area contributed by atoms with Crippen molar-refractivity contribution in [2.75, 3.05) is 18.0 Å². The SMILES string of the molecule is Cc1ccc(N2CCC(C)(C)C2)c([N+](=O)[O-])c1. The van der Waals surface area contributed by atoms with Crippen LogP contribution in [-0.4, -0.2) is 18.0 Å². The van der Waals surface area contributed by atoms with Gasteiger partial charge in [0.25, 0.3) is 5.69 Å². The predicted octanol–water partition coefficient (Wildman–Crippen LogP) is 3.14. The molecule has 1 aromatic carbocycles. The zero-order chi connectivity index (χ0) is 12.6. The molecule has 0 spiro atoms. The monoisotopic (exact) mass is 234 g/mol. The van der Waals surface area contributed by atoms with E-state index < -0.39 is 0 Å². The number of rotatable bonds is 2. The van der Waals surface area contributed by atoms with E-state index in [4.69, 9.17) is 0 Å². The molecule has 17 heavy (non-hydrogen) atoms. The third-order valence-electron chi connectivity index (χ3n) is 3.35. The third kappa shape index (κ3) is 2.40. The van der Waals surface area contributed by atoms with Crippen molar-refractivity contribution in [2.45, 2.75) is 27.2 Å². The van der Waals surface area contributed by atoms with Gasteiger partial charge in [0, 0.05) is 19.2 Å². The first kappa shape index (κ1) is 11.9. The number of benzene rings is 1. The summed E-state index contributed by atoms with van der Waals surface area (Å²) in [5.41, 5.74) is 2.16. The lowest BCUT2D eigenvalue weighted by Crippen LogP contribution is -2.23. The number of nitro groups is 1. The minimum absolute atomic E-state index is 0.225. The summed E-state index contributed by atoms with van der Waals surface area (Å²) in [6.07, 6.45) is 1.08. The zero-order valence-electron chi connectivity index (χ0n) is 10.6. The molecule has 0 saturated carbocycles. The first-order chi connectivity index (χ1) is 7.89. The number of aryl methyl sites for hydroxylation is 1. The van der Waals surface area contributed by atoms with Crippen molar-refractivity contribution in [1.82, 2.24) is 0 Å². The maximum atomic E-state index is 11.1. The Morgan fingerprint density at radius 1 is 1.41 bits per heavy atom. The summed E-state index contributed by atoms with van der Waals surface area (Å²) < 4.78 is 0. The number of hydrogen-bond acceptors (Lipinski definition) is 3. The molecule has 0 N–H and O–H groups in total. The molecule has 0 bridgehead atoms. The van der Waals surface area contributed by atoms with Crippen LogP contribution in [0.15, 0.2) is 18.2 Å². The van der Waals surface area contributed by atoms with Crippen molar-refractivity contribution in [3.63, 3.8) is 0 Å². The van der Waals surface area contributed by atoms with Gasteiger partial charge in [-0.25, -0.2) is 0 Å². The molecule has 0 atom stereocenters. The van der Waals surface area contributed by atoms with E-state index in [1.54, 1.807) is 6.07 Å². The zero-order valence-corrected chi connectivity index (χ0v) is 10.6. The average Bonchev–Trinajstić information content (AvgIpc) is 2.58. The molecule has 0 amide bonds. The van der Waals surface area contributed by atoms with Crippen LogP contribution in [0.1, 0.15) is 25.8 Å². The second-order valence-electron chi connectivity index (χ2n) is 5.59. The maximum Gasteiger partial charge on any atom is 0.292 e. The Labute approximate surface area is 101 Å². The molecule has 92 valence electrons. The van der Waals surface area contributed by atoms with Crippen LogP contribution in [0.4, 0.5) is 11.4 Å². The standard InChI is InChI=1S/C13H18N2O2/c1-10-4-5-11(12(8-10)15(16)17)14-7-6-13(2,3)9-14/h4-5,8H,6-7,9H2,1-3H3. The van der Waals surface area contributed by atoms with Crippen LogP contribution in [-0.2, 0) is 0 Å². The fourth-order valence-electron chi connectivity index (χ4n) is 2.37. The normalized spacial score (nSPS) is 18.4. The smallest absolute Gasteiger partial charge is 0.292 e.